The molecule has 2 aromatic carbocycles. The predicted octanol–water partition coefficient (Wildman–Crippen LogP) is 6.09. The van der Waals surface area contributed by atoms with Gasteiger partial charge in [-0.25, -0.2) is 4.39 Å². The van der Waals surface area contributed by atoms with E-state index in [1.165, 1.54) is 16.7 Å². The van der Waals surface area contributed by atoms with Crippen LogP contribution in [-0.4, -0.2) is 13.3 Å². The zero-order chi connectivity index (χ0) is 20.1. The van der Waals surface area contributed by atoms with E-state index >= 15 is 0 Å². The largest absolute Gasteiger partial charge is 0.370 e. The molecule has 1 aliphatic carbocycles. The number of halogens is 1. The third kappa shape index (κ3) is 3.17. The van der Waals surface area contributed by atoms with Gasteiger partial charge in [0, 0.05) is 31.3 Å². The minimum Gasteiger partial charge on any atom is -0.370 e. The summed E-state index contributed by atoms with van der Waals surface area (Å²) >= 11 is 0. The van der Waals surface area contributed by atoms with E-state index in [-0.39, 0.29) is 5.82 Å². The van der Waals surface area contributed by atoms with Gasteiger partial charge in [-0.15, -0.1) is 0 Å². The van der Waals surface area contributed by atoms with Crippen LogP contribution in [0.25, 0.3) is 16.7 Å². The van der Waals surface area contributed by atoms with Crippen LogP contribution in [0.15, 0.2) is 30.3 Å². The zero-order valence-electron chi connectivity index (χ0n) is 17.2. The fourth-order valence-electron chi connectivity index (χ4n) is 4.79. The summed E-state index contributed by atoms with van der Waals surface area (Å²) in [6, 6.07) is 7.34. The number of nitrogens with zero attached hydrogens (tertiary/aromatic N) is 1. The molecule has 0 spiro atoms. The molecule has 0 N–H and O–H groups in total. The van der Waals surface area contributed by atoms with Crippen molar-refractivity contribution in [2.75, 3.05) is 11.9 Å². The summed E-state index contributed by atoms with van der Waals surface area (Å²) < 4.78 is 13.8. The predicted molar refractivity (Wildman–Crippen MR) is 114 cm³/mol. The minimum absolute atomic E-state index is 0.192. The summed E-state index contributed by atoms with van der Waals surface area (Å²) in [7, 11) is 2.05. The van der Waals surface area contributed by atoms with Crippen LogP contribution in [0.3, 0.4) is 0 Å². The van der Waals surface area contributed by atoms with Crippen LogP contribution in [0, 0.1) is 18.2 Å². The maximum Gasteiger partial charge on any atom is 0.124 e. The van der Waals surface area contributed by atoms with E-state index in [1.54, 1.807) is 12.1 Å². The van der Waals surface area contributed by atoms with Crippen molar-refractivity contribution in [3.63, 3.8) is 0 Å². The second kappa shape index (κ2) is 6.88. The first-order valence-corrected chi connectivity index (χ1v) is 10.1. The van der Waals surface area contributed by atoms with Crippen LogP contribution in [0.1, 0.15) is 55.4 Å². The molecule has 0 fully saturated rings. The first-order valence-electron chi connectivity index (χ1n) is 10.1. The molecular weight excluding hydrogens is 349 g/mol. The highest BCUT2D eigenvalue weighted by Crippen LogP contribution is 2.46. The Hall–Kier alpha value is -2.42. The van der Waals surface area contributed by atoms with Gasteiger partial charge in [-0.2, -0.15) is 0 Å². The van der Waals surface area contributed by atoms with Gasteiger partial charge in [-0.05, 0) is 83.2 Å². The van der Waals surface area contributed by atoms with E-state index in [0.29, 0.717) is 18.4 Å². The summed E-state index contributed by atoms with van der Waals surface area (Å²) in [4.78, 5) is 13.7. The maximum atomic E-state index is 13.8. The summed E-state index contributed by atoms with van der Waals surface area (Å²) in [5, 5.41) is 0. The Morgan fingerprint density at radius 2 is 1.96 bits per heavy atom. The van der Waals surface area contributed by atoms with E-state index in [4.69, 9.17) is 0 Å². The van der Waals surface area contributed by atoms with Crippen molar-refractivity contribution in [2.24, 2.45) is 5.41 Å². The molecule has 0 amide bonds. The molecule has 0 aromatic heterocycles. The van der Waals surface area contributed by atoms with Crippen molar-refractivity contribution in [1.82, 2.24) is 0 Å². The lowest BCUT2D eigenvalue weighted by molar-refractivity contribution is -0.107. The molecule has 0 radical (unpaired) electrons. The molecular formula is C25H28FNO. The standard InChI is InChI=1S/C25H28FNO/c1-16-20(9-12-28)22(17-7-10-25(2,3)11-8-17)14-23-21-6-5-19(26)13-18(21)15-27(4)24(16)23/h5-7,12-14H,8-11,15H2,1-4H3. The second-order valence-corrected chi connectivity index (χ2v) is 9.05. The van der Waals surface area contributed by atoms with Crippen LogP contribution < -0.4 is 4.90 Å². The highest BCUT2D eigenvalue weighted by atomic mass is 19.1. The number of benzene rings is 2. The van der Waals surface area contributed by atoms with Crippen molar-refractivity contribution < 1.29 is 9.18 Å². The molecule has 2 aromatic rings. The van der Waals surface area contributed by atoms with Crippen LogP contribution >= 0.6 is 0 Å². The van der Waals surface area contributed by atoms with Gasteiger partial charge in [0.2, 0.25) is 0 Å². The highest BCUT2D eigenvalue weighted by molar-refractivity contribution is 5.90. The molecule has 0 unspecified atom stereocenters. The van der Waals surface area contributed by atoms with Gasteiger partial charge in [-0.1, -0.05) is 26.0 Å². The molecule has 1 aliphatic heterocycles. The van der Waals surface area contributed by atoms with Gasteiger partial charge in [0.1, 0.15) is 12.1 Å². The molecule has 2 aliphatic rings. The number of aldehydes is 1. The number of hydrogen-bond donors (Lipinski definition) is 0. The normalized spacial score (nSPS) is 17.6. The molecule has 0 atom stereocenters. The number of carbonyl (C=O) groups excluding carboxylic acids is 1. The zero-order valence-corrected chi connectivity index (χ0v) is 17.2. The number of hydrogen-bond acceptors (Lipinski definition) is 2. The van der Waals surface area contributed by atoms with Crippen molar-refractivity contribution in [3.8, 4) is 11.1 Å². The van der Waals surface area contributed by atoms with Crippen molar-refractivity contribution in [3.05, 3.63) is 58.4 Å². The molecule has 0 saturated carbocycles. The monoisotopic (exact) mass is 377 g/mol. The lowest BCUT2D eigenvalue weighted by Crippen LogP contribution is -2.24. The van der Waals surface area contributed by atoms with E-state index in [9.17, 15) is 9.18 Å². The van der Waals surface area contributed by atoms with E-state index < -0.39 is 0 Å². The molecule has 2 nitrogen and oxygen atoms in total. The Kier molecular flexibility index (Phi) is 4.65. The van der Waals surface area contributed by atoms with Gasteiger partial charge >= 0.3 is 0 Å². The second-order valence-electron chi connectivity index (χ2n) is 9.05. The average molecular weight is 378 g/mol. The third-order valence-corrected chi connectivity index (χ3v) is 6.43. The molecule has 4 rings (SSSR count). The van der Waals surface area contributed by atoms with E-state index in [1.807, 2.05) is 13.1 Å². The van der Waals surface area contributed by atoms with Crippen molar-refractivity contribution in [2.45, 2.75) is 53.0 Å². The molecule has 1 heterocycles. The summed E-state index contributed by atoms with van der Waals surface area (Å²) in [6.45, 7) is 7.42. The van der Waals surface area contributed by atoms with Crippen molar-refractivity contribution in [1.29, 1.82) is 0 Å². The van der Waals surface area contributed by atoms with Crippen LogP contribution in [0.5, 0.6) is 0 Å². The molecule has 0 bridgehead atoms. The topological polar surface area (TPSA) is 20.3 Å². The fourth-order valence-corrected chi connectivity index (χ4v) is 4.79. The number of fused-ring (bicyclic) bond motifs is 3. The van der Waals surface area contributed by atoms with Crippen LogP contribution in [0.2, 0.25) is 0 Å². The van der Waals surface area contributed by atoms with E-state index in [2.05, 4.69) is 37.8 Å². The van der Waals surface area contributed by atoms with Crippen LogP contribution in [-0.2, 0) is 17.8 Å². The van der Waals surface area contributed by atoms with Gasteiger partial charge in [0.05, 0.1) is 0 Å². The Labute approximate surface area is 167 Å². The summed E-state index contributed by atoms with van der Waals surface area (Å²) in [5.74, 6) is -0.192. The Bertz CT molecular complexity index is 987. The molecule has 28 heavy (non-hydrogen) atoms. The Morgan fingerprint density at radius 3 is 2.64 bits per heavy atom. The van der Waals surface area contributed by atoms with Crippen LogP contribution in [0.4, 0.5) is 10.1 Å². The van der Waals surface area contributed by atoms with Gasteiger partial charge in [0.15, 0.2) is 0 Å². The molecule has 146 valence electrons. The average Bonchev–Trinajstić information content (AvgIpc) is 2.63. The van der Waals surface area contributed by atoms with Gasteiger partial charge < -0.3 is 9.69 Å². The lowest BCUT2D eigenvalue weighted by atomic mass is 9.75. The van der Waals surface area contributed by atoms with Crippen molar-refractivity contribution >= 4 is 17.5 Å². The molecule has 3 heteroatoms. The maximum absolute atomic E-state index is 13.8. The number of anilines is 1. The van der Waals surface area contributed by atoms with Gasteiger partial charge in [-0.3, -0.25) is 0 Å². The molecule has 0 saturated heterocycles. The number of allylic oxidation sites excluding steroid dienone is 2. The quantitative estimate of drug-likeness (QED) is 0.604. The minimum atomic E-state index is -0.192. The smallest absolute Gasteiger partial charge is 0.124 e. The number of rotatable bonds is 3. The number of carbonyl (C=O) groups is 1. The summed E-state index contributed by atoms with van der Waals surface area (Å²) in [6.07, 6.45) is 7.04. The van der Waals surface area contributed by atoms with Gasteiger partial charge in [0.25, 0.3) is 0 Å². The highest BCUT2D eigenvalue weighted by Gasteiger charge is 2.28. The Balaban J connectivity index is 1.94. The lowest BCUT2D eigenvalue weighted by Gasteiger charge is -2.34. The SMILES string of the molecule is Cc1c(CC=O)c(C2=CCC(C)(C)CC2)cc2c1N(C)Cc1cc(F)ccc1-2. The Morgan fingerprint density at radius 1 is 1.18 bits per heavy atom. The first kappa shape index (κ1) is 18.9. The fraction of sp³-hybridized carbons (Fsp3) is 0.400. The third-order valence-electron chi connectivity index (χ3n) is 6.43. The first-order chi connectivity index (χ1) is 13.3. The van der Waals surface area contributed by atoms with E-state index in [0.717, 1.165) is 53.5 Å². The summed E-state index contributed by atoms with van der Waals surface area (Å²) in [5.41, 5.74) is 9.62.